The van der Waals surface area contributed by atoms with E-state index in [0.29, 0.717) is 31.8 Å². The fourth-order valence-electron chi connectivity index (χ4n) is 3.97. The van der Waals surface area contributed by atoms with Gasteiger partial charge < -0.3 is 14.2 Å². The maximum Gasteiger partial charge on any atom is 0.317 e. The van der Waals surface area contributed by atoms with E-state index >= 15 is 0 Å². The van der Waals surface area contributed by atoms with Crippen molar-refractivity contribution in [1.82, 2.24) is 15.0 Å². The summed E-state index contributed by atoms with van der Waals surface area (Å²) in [5, 5.41) is 3.99. The summed E-state index contributed by atoms with van der Waals surface area (Å²) in [6.07, 6.45) is 1.02. The summed E-state index contributed by atoms with van der Waals surface area (Å²) >= 11 is 0. The molecule has 4 rings (SSSR count). The lowest BCUT2D eigenvalue weighted by Gasteiger charge is -2.39. The van der Waals surface area contributed by atoms with Crippen molar-refractivity contribution in [2.45, 2.75) is 38.7 Å². The van der Waals surface area contributed by atoms with Gasteiger partial charge in [0.1, 0.15) is 0 Å². The van der Waals surface area contributed by atoms with E-state index in [1.807, 2.05) is 61.5 Å². The van der Waals surface area contributed by atoms with Crippen LogP contribution in [0.1, 0.15) is 36.8 Å². The van der Waals surface area contributed by atoms with E-state index in [9.17, 15) is 9.59 Å². The minimum absolute atomic E-state index is 0.0181. The van der Waals surface area contributed by atoms with Crippen molar-refractivity contribution < 1.29 is 18.8 Å². The number of hydrogen-bond donors (Lipinski definition) is 0. The Labute approximate surface area is 181 Å². The van der Waals surface area contributed by atoms with E-state index in [1.54, 1.807) is 11.8 Å². The lowest BCUT2D eigenvalue weighted by molar-refractivity contribution is -0.156. The molecule has 0 aliphatic carbocycles. The van der Waals surface area contributed by atoms with Gasteiger partial charge in [0.05, 0.1) is 5.41 Å². The van der Waals surface area contributed by atoms with Crippen LogP contribution in [0.4, 0.5) is 0 Å². The molecule has 2 heterocycles. The third-order valence-electron chi connectivity index (χ3n) is 5.88. The highest BCUT2D eigenvalue weighted by Crippen LogP contribution is 2.37. The fourth-order valence-corrected chi connectivity index (χ4v) is 3.97. The molecule has 31 heavy (non-hydrogen) atoms. The average Bonchev–Trinajstić information content (AvgIpc) is 3.27. The summed E-state index contributed by atoms with van der Waals surface area (Å²) in [7, 11) is 0. The van der Waals surface area contributed by atoms with Crippen LogP contribution in [0.3, 0.4) is 0 Å². The van der Waals surface area contributed by atoms with E-state index in [1.165, 1.54) is 0 Å². The molecule has 1 saturated heterocycles. The molecular weight excluding hydrogens is 394 g/mol. The van der Waals surface area contributed by atoms with E-state index in [4.69, 9.17) is 9.26 Å². The van der Waals surface area contributed by atoms with Gasteiger partial charge in [0.15, 0.2) is 6.61 Å². The van der Waals surface area contributed by atoms with Crippen LogP contribution >= 0.6 is 0 Å². The molecule has 1 aliphatic heterocycles. The SMILES string of the molecule is CC(=O)N1CCC(C(=O)OCc2nc(-c3ccc(C)cc3)no2)(c2ccccc2)CC1. The Kier molecular flexibility index (Phi) is 5.84. The van der Waals surface area contributed by atoms with E-state index in [2.05, 4.69) is 10.1 Å². The first-order chi connectivity index (χ1) is 15.0. The molecule has 1 aliphatic rings. The summed E-state index contributed by atoms with van der Waals surface area (Å²) in [6, 6.07) is 17.4. The summed E-state index contributed by atoms with van der Waals surface area (Å²) in [6.45, 7) is 4.49. The normalized spacial score (nSPS) is 15.5. The molecule has 1 aromatic heterocycles. The molecule has 1 fully saturated rings. The Morgan fingerprint density at radius 3 is 2.39 bits per heavy atom. The van der Waals surface area contributed by atoms with Crippen LogP contribution in [0, 0.1) is 6.92 Å². The number of ether oxygens (including phenoxy) is 1. The van der Waals surface area contributed by atoms with Crippen LogP contribution in [0.25, 0.3) is 11.4 Å². The number of nitrogens with zero attached hydrogens (tertiary/aromatic N) is 3. The van der Waals surface area contributed by atoms with Crippen molar-refractivity contribution in [3.05, 3.63) is 71.6 Å². The molecule has 7 nitrogen and oxygen atoms in total. The van der Waals surface area contributed by atoms with Crippen molar-refractivity contribution in [2.24, 2.45) is 0 Å². The summed E-state index contributed by atoms with van der Waals surface area (Å²) in [5.74, 6) is 0.383. The predicted molar refractivity (Wildman–Crippen MR) is 114 cm³/mol. The fraction of sp³-hybridized carbons (Fsp3) is 0.333. The van der Waals surface area contributed by atoms with Gasteiger partial charge in [-0.3, -0.25) is 9.59 Å². The van der Waals surface area contributed by atoms with Gasteiger partial charge in [0, 0.05) is 25.6 Å². The van der Waals surface area contributed by atoms with Crippen LogP contribution < -0.4 is 0 Å². The van der Waals surface area contributed by atoms with Gasteiger partial charge in [-0.15, -0.1) is 0 Å². The van der Waals surface area contributed by atoms with Gasteiger partial charge in [-0.2, -0.15) is 4.98 Å². The highest BCUT2D eigenvalue weighted by molar-refractivity contribution is 5.84. The molecule has 7 heteroatoms. The van der Waals surface area contributed by atoms with Gasteiger partial charge >= 0.3 is 5.97 Å². The number of carbonyl (C=O) groups excluding carboxylic acids is 2. The summed E-state index contributed by atoms with van der Waals surface area (Å²) in [5.41, 5.74) is 2.08. The van der Waals surface area contributed by atoms with Crippen LogP contribution in [0.2, 0.25) is 0 Å². The Hall–Kier alpha value is -3.48. The van der Waals surface area contributed by atoms with Crippen LogP contribution in [-0.2, 0) is 26.3 Å². The third-order valence-corrected chi connectivity index (χ3v) is 5.88. The quantitative estimate of drug-likeness (QED) is 0.587. The minimum atomic E-state index is -0.799. The first-order valence-corrected chi connectivity index (χ1v) is 10.4. The number of amides is 1. The molecule has 0 radical (unpaired) electrons. The van der Waals surface area contributed by atoms with Crippen molar-refractivity contribution >= 4 is 11.9 Å². The number of carbonyl (C=O) groups is 2. The highest BCUT2D eigenvalue weighted by atomic mass is 16.6. The number of rotatable bonds is 5. The molecule has 0 spiro atoms. The number of aryl methyl sites for hydroxylation is 1. The van der Waals surface area contributed by atoms with Gasteiger partial charge in [-0.1, -0.05) is 65.3 Å². The molecule has 0 N–H and O–H groups in total. The highest BCUT2D eigenvalue weighted by Gasteiger charge is 2.44. The smallest absolute Gasteiger partial charge is 0.317 e. The molecule has 0 saturated carbocycles. The number of likely N-dealkylation sites (tertiary alicyclic amines) is 1. The van der Waals surface area contributed by atoms with Crippen molar-refractivity contribution in [2.75, 3.05) is 13.1 Å². The predicted octanol–water partition coefficient (Wildman–Crippen LogP) is 3.67. The Bertz CT molecular complexity index is 1050. The molecule has 2 aromatic carbocycles. The monoisotopic (exact) mass is 419 g/mol. The van der Waals surface area contributed by atoms with Crippen molar-refractivity contribution in [3.63, 3.8) is 0 Å². The lowest BCUT2D eigenvalue weighted by atomic mass is 9.72. The van der Waals surface area contributed by atoms with E-state index in [0.717, 1.165) is 16.7 Å². The van der Waals surface area contributed by atoms with Crippen LogP contribution in [0.15, 0.2) is 59.1 Å². The topological polar surface area (TPSA) is 85.5 Å². The van der Waals surface area contributed by atoms with E-state index < -0.39 is 5.41 Å². The Morgan fingerprint density at radius 1 is 1.06 bits per heavy atom. The molecule has 160 valence electrons. The maximum atomic E-state index is 13.3. The number of aromatic nitrogens is 2. The Balaban J connectivity index is 1.49. The average molecular weight is 419 g/mol. The molecule has 0 unspecified atom stereocenters. The number of piperidine rings is 1. The van der Waals surface area contributed by atoms with Crippen molar-refractivity contribution in [3.8, 4) is 11.4 Å². The first kappa shape index (κ1) is 20.8. The summed E-state index contributed by atoms with van der Waals surface area (Å²) < 4.78 is 10.9. The number of benzene rings is 2. The lowest BCUT2D eigenvalue weighted by Crippen LogP contribution is -2.49. The molecule has 0 bridgehead atoms. The van der Waals surface area contributed by atoms with Gasteiger partial charge in [-0.05, 0) is 25.3 Å². The molecular formula is C24H25N3O4. The number of esters is 1. The van der Waals surface area contributed by atoms with Gasteiger partial charge in [-0.25, -0.2) is 0 Å². The largest absolute Gasteiger partial charge is 0.455 e. The van der Waals surface area contributed by atoms with Crippen molar-refractivity contribution in [1.29, 1.82) is 0 Å². The third kappa shape index (κ3) is 4.35. The minimum Gasteiger partial charge on any atom is -0.455 e. The zero-order valence-electron chi connectivity index (χ0n) is 17.7. The molecule has 1 amide bonds. The second-order valence-corrected chi connectivity index (χ2v) is 7.91. The zero-order valence-corrected chi connectivity index (χ0v) is 17.7. The van der Waals surface area contributed by atoms with Gasteiger partial charge in [0.2, 0.25) is 11.7 Å². The second-order valence-electron chi connectivity index (χ2n) is 7.91. The van der Waals surface area contributed by atoms with Gasteiger partial charge in [0.25, 0.3) is 5.89 Å². The first-order valence-electron chi connectivity index (χ1n) is 10.4. The zero-order chi connectivity index (χ0) is 21.8. The van der Waals surface area contributed by atoms with Crippen LogP contribution in [0.5, 0.6) is 0 Å². The second kappa shape index (κ2) is 8.71. The summed E-state index contributed by atoms with van der Waals surface area (Å²) in [4.78, 5) is 31.1. The number of hydrogen-bond acceptors (Lipinski definition) is 6. The van der Waals surface area contributed by atoms with E-state index in [-0.39, 0.29) is 24.4 Å². The Morgan fingerprint density at radius 2 is 1.74 bits per heavy atom. The maximum absolute atomic E-state index is 13.3. The molecule has 0 atom stereocenters. The standard InChI is InChI=1S/C24H25N3O4/c1-17-8-10-19(11-9-17)22-25-21(31-26-22)16-30-23(29)24(20-6-4-3-5-7-20)12-14-27(15-13-24)18(2)28/h3-11H,12-16H2,1-2H3. The van der Waals surface area contributed by atoms with Crippen LogP contribution in [-0.4, -0.2) is 40.0 Å². The molecule has 3 aromatic rings.